The SMILES string of the molecule is O=C(Cn1cccnc1=O)NC(c1ccccc1)C1CCCC1. The molecule has 2 aromatic rings. The van der Waals surface area contributed by atoms with E-state index < -0.39 is 5.69 Å². The molecule has 1 unspecified atom stereocenters. The molecule has 1 saturated carbocycles. The summed E-state index contributed by atoms with van der Waals surface area (Å²) in [6.45, 7) is 0.00271. The van der Waals surface area contributed by atoms with Crippen molar-refractivity contribution in [1.82, 2.24) is 14.9 Å². The van der Waals surface area contributed by atoms with E-state index in [1.807, 2.05) is 18.2 Å². The van der Waals surface area contributed by atoms with Gasteiger partial charge in [-0.3, -0.25) is 9.36 Å². The molecule has 1 atom stereocenters. The van der Waals surface area contributed by atoms with Crippen LogP contribution in [0.4, 0.5) is 0 Å². The first kappa shape index (κ1) is 15.5. The number of nitrogens with zero attached hydrogens (tertiary/aromatic N) is 2. The molecule has 23 heavy (non-hydrogen) atoms. The van der Waals surface area contributed by atoms with Crippen LogP contribution in [0.5, 0.6) is 0 Å². The van der Waals surface area contributed by atoms with Gasteiger partial charge in [0.15, 0.2) is 0 Å². The van der Waals surface area contributed by atoms with Crippen molar-refractivity contribution in [2.45, 2.75) is 38.3 Å². The number of amides is 1. The van der Waals surface area contributed by atoms with Gasteiger partial charge in [-0.1, -0.05) is 43.2 Å². The highest BCUT2D eigenvalue weighted by molar-refractivity contribution is 5.76. The second-order valence-electron chi connectivity index (χ2n) is 6.03. The van der Waals surface area contributed by atoms with E-state index in [9.17, 15) is 9.59 Å². The topological polar surface area (TPSA) is 64.0 Å². The third-order valence-corrected chi connectivity index (χ3v) is 4.44. The Morgan fingerprint density at radius 3 is 2.65 bits per heavy atom. The maximum atomic E-state index is 12.4. The van der Waals surface area contributed by atoms with Crippen LogP contribution >= 0.6 is 0 Å². The fraction of sp³-hybridized carbons (Fsp3) is 0.389. The average molecular weight is 311 g/mol. The van der Waals surface area contributed by atoms with Gasteiger partial charge in [-0.2, -0.15) is 0 Å². The second kappa shape index (κ2) is 7.22. The molecule has 1 aromatic carbocycles. The van der Waals surface area contributed by atoms with Crippen LogP contribution in [0.25, 0.3) is 0 Å². The fourth-order valence-corrected chi connectivity index (χ4v) is 3.31. The smallest absolute Gasteiger partial charge is 0.347 e. The first-order valence-electron chi connectivity index (χ1n) is 8.10. The Labute approximate surface area is 135 Å². The van der Waals surface area contributed by atoms with Gasteiger partial charge in [0, 0.05) is 12.4 Å². The summed E-state index contributed by atoms with van der Waals surface area (Å²) in [4.78, 5) is 27.7. The van der Waals surface area contributed by atoms with Gasteiger partial charge in [-0.15, -0.1) is 0 Å². The first-order valence-corrected chi connectivity index (χ1v) is 8.10. The summed E-state index contributed by atoms with van der Waals surface area (Å²) in [5.74, 6) is 0.313. The van der Waals surface area contributed by atoms with E-state index in [1.54, 1.807) is 12.3 Å². The number of aromatic nitrogens is 2. The van der Waals surface area contributed by atoms with Crippen LogP contribution in [0.2, 0.25) is 0 Å². The number of rotatable bonds is 5. The average Bonchev–Trinajstić information content (AvgIpc) is 3.10. The van der Waals surface area contributed by atoms with Crippen molar-refractivity contribution in [3.63, 3.8) is 0 Å². The number of nitrogens with one attached hydrogen (secondary N) is 1. The normalized spacial score (nSPS) is 16.2. The molecule has 1 fully saturated rings. The Bertz CT molecular complexity index is 705. The summed E-state index contributed by atoms with van der Waals surface area (Å²) in [5, 5.41) is 3.12. The van der Waals surface area contributed by atoms with E-state index in [0.717, 1.165) is 18.4 Å². The molecular formula is C18H21N3O2. The Kier molecular flexibility index (Phi) is 4.86. The molecule has 1 N–H and O–H groups in total. The zero-order chi connectivity index (χ0) is 16.1. The summed E-state index contributed by atoms with van der Waals surface area (Å²) in [6, 6.07) is 11.7. The third kappa shape index (κ3) is 3.86. The monoisotopic (exact) mass is 311 g/mol. The highest BCUT2D eigenvalue weighted by Gasteiger charge is 2.27. The Balaban J connectivity index is 1.74. The minimum atomic E-state index is -0.403. The van der Waals surface area contributed by atoms with E-state index in [-0.39, 0.29) is 18.5 Å². The van der Waals surface area contributed by atoms with Gasteiger partial charge in [0.2, 0.25) is 5.91 Å². The van der Waals surface area contributed by atoms with Gasteiger partial charge in [0.05, 0.1) is 6.04 Å². The van der Waals surface area contributed by atoms with Crippen molar-refractivity contribution in [3.8, 4) is 0 Å². The van der Waals surface area contributed by atoms with Crippen LogP contribution in [0, 0.1) is 5.92 Å². The second-order valence-corrected chi connectivity index (χ2v) is 6.03. The molecule has 1 aromatic heterocycles. The van der Waals surface area contributed by atoms with Crippen LogP contribution in [0.3, 0.4) is 0 Å². The third-order valence-electron chi connectivity index (χ3n) is 4.44. The maximum Gasteiger partial charge on any atom is 0.347 e. The van der Waals surface area contributed by atoms with Crippen LogP contribution < -0.4 is 11.0 Å². The molecule has 5 nitrogen and oxygen atoms in total. The van der Waals surface area contributed by atoms with E-state index in [2.05, 4.69) is 22.4 Å². The number of hydrogen-bond donors (Lipinski definition) is 1. The number of carbonyl (C=O) groups excluding carboxylic acids is 1. The molecule has 0 bridgehead atoms. The largest absolute Gasteiger partial charge is 0.347 e. The summed E-state index contributed by atoms with van der Waals surface area (Å²) >= 11 is 0. The predicted octanol–water partition coefficient (Wildman–Crippen LogP) is 2.29. The van der Waals surface area contributed by atoms with Gasteiger partial charge in [0.25, 0.3) is 0 Å². The van der Waals surface area contributed by atoms with Gasteiger partial charge in [-0.05, 0) is 30.4 Å². The number of hydrogen-bond acceptors (Lipinski definition) is 3. The molecule has 0 spiro atoms. The molecule has 1 heterocycles. The van der Waals surface area contributed by atoms with E-state index in [4.69, 9.17) is 0 Å². The summed E-state index contributed by atoms with van der Waals surface area (Å²) in [7, 11) is 0. The van der Waals surface area contributed by atoms with Crippen LogP contribution in [-0.4, -0.2) is 15.5 Å². The highest BCUT2D eigenvalue weighted by atomic mass is 16.2. The lowest BCUT2D eigenvalue weighted by molar-refractivity contribution is -0.122. The Morgan fingerprint density at radius 2 is 1.96 bits per heavy atom. The summed E-state index contributed by atoms with van der Waals surface area (Å²) in [5.41, 5.74) is 0.728. The van der Waals surface area contributed by atoms with Crippen molar-refractivity contribution < 1.29 is 4.79 Å². The lowest BCUT2D eigenvalue weighted by Crippen LogP contribution is -2.37. The zero-order valence-electron chi connectivity index (χ0n) is 13.0. The fourth-order valence-electron chi connectivity index (χ4n) is 3.31. The molecule has 1 amide bonds. The van der Waals surface area contributed by atoms with Crippen molar-refractivity contribution in [2.75, 3.05) is 0 Å². The highest BCUT2D eigenvalue weighted by Crippen LogP contribution is 2.35. The zero-order valence-corrected chi connectivity index (χ0v) is 13.0. The van der Waals surface area contributed by atoms with Crippen molar-refractivity contribution >= 4 is 5.91 Å². The van der Waals surface area contributed by atoms with Crippen molar-refractivity contribution in [2.24, 2.45) is 5.92 Å². The molecule has 0 aliphatic heterocycles. The van der Waals surface area contributed by atoms with Crippen molar-refractivity contribution in [1.29, 1.82) is 0 Å². The molecule has 3 rings (SSSR count). The van der Waals surface area contributed by atoms with E-state index >= 15 is 0 Å². The lowest BCUT2D eigenvalue weighted by Gasteiger charge is -2.25. The lowest BCUT2D eigenvalue weighted by atomic mass is 9.91. The van der Waals surface area contributed by atoms with E-state index in [0.29, 0.717) is 5.92 Å². The standard InChI is InChI=1S/C18H21N3O2/c22-16(13-21-12-6-11-19-18(21)23)20-17(15-9-4-5-10-15)14-7-2-1-3-8-14/h1-3,6-8,11-12,15,17H,4-5,9-10,13H2,(H,20,22). The molecule has 0 saturated heterocycles. The van der Waals surface area contributed by atoms with Crippen LogP contribution in [0.15, 0.2) is 53.6 Å². The Morgan fingerprint density at radius 1 is 1.22 bits per heavy atom. The first-order chi connectivity index (χ1) is 11.2. The summed E-state index contributed by atoms with van der Waals surface area (Å²) < 4.78 is 1.33. The molecule has 1 aliphatic carbocycles. The van der Waals surface area contributed by atoms with Gasteiger partial charge >= 0.3 is 5.69 Å². The predicted molar refractivity (Wildman–Crippen MR) is 87.8 cm³/mol. The number of carbonyl (C=O) groups is 1. The maximum absolute atomic E-state index is 12.4. The quantitative estimate of drug-likeness (QED) is 0.921. The molecule has 1 aliphatic rings. The Hall–Kier alpha value is -2.43. The van der Waals surface area contributed by atoms with E-state index in [1.165, 1.54) is 23.6 Å². The minimum Gasteiger partial charge on any atom is -0.347 e. The van der Waals surface area contributed by atoms with Crippen LogP contribution in [0.1, 0.15) is 37.3 Å². The van der Waals surface area contributed by atoms with Crippen molar-refractivity contribution in [3.05, 3.63) is 64.8 Å². The minimum absolute atomic E-state index is 0.00271. The summed E-state index contributed by atoms with van der Waals surface area (Å²) in [6.07, 6.45) is 7.71. The van der Waals surface area contributed by atoms with Gasteiger partial charge in [-0.25, -0.2) is 9.78 Å². The van der Waals surface area contributed by atoms with Gasteiger partial charge < -0.3 is 5.32 Å². The molecule has 5 heteroatoms. The molecule has 120 valence electrons. The van der Waals surface area contributed by atoms with Crippen LogP contribution in [-0.2, 0) is 11.3 Å². The molecular weight excluding hydrogens is 290 g/mol. The molecule has 0 radical (unpaired) electrons. The number of benzene rings is 1. The van der Waals surface area contributed by atoms with Gasteiger partial charge in [0.1, 0.15) is 6.54 Å².